The fourth-order valence-electron chi connectivity index (χ4n) is 3.11. The van der Waals surface area contributed by atoms with Crippen LogP contribution in [-0.4, -0.2) is 15.6 Å². The largest absolute Gasteiger partial charge is 0.478 e. The third kappa shape index (κ3) is 4.34. The Kier molecular flexibility index (Phi) is 5.53. The average molecular weight is 356 g/mol. The average Bonchev–Trinajstić information content (AvgIpc) is 3.08. The highest BCUT2D eigenvalue weighted by Crippen LogP contribution is 2.24. The van der Waals surface area contributed by atoms with E-state index >= 15 is 0 Å². The highest BCUT2D eigenvalue weighted by Gasteiger charge is 2.06. The van der Waals surface area contributed by atoms with Crippen molar-refractivity contribution in [3.05, 3.63) is 89.3 Å². The van der Waals surface area contributed by atoms with Crippen molar-refractivity contribution in [1.29, 1.82) is 5.26 Å². The van der Waals surface area contributed by atoms with Crippen molar-refractivity contribution in [1.82, 2.24) is 4.57 Å². The summed E-state index contributed by atoms with van der Waals surface area (Å²) in [6, 6.07) is 20.0. The molecule has 0 bridgehead atoms. The summed E-state index contributed by atoms with van der Waals surface area (Å²) >= 11 is 0. The number of hydrogen-bond donors (Lipinski definition) is 1. The van der Waals surface area contributed by atoms with Gasteiger partial charge in [-0.1, -0.05) is 49.4 Å². The maximum atomic E-state index is 10.7. The van der Waals surface area contributed by atoms with E-state index in [0.29, 0.717) is 12.1 Å². The van der Waals surface area contributed by atoms with E-state index in [-0.39, 0.29) is 0 Å². The van der Waals surface area contributed by atoms with Crippen molar-refractivity contribution >= 4 is 12.0 Å². The first-order valence-corrected chi connectivity index (χ1v) is 8.79. The minimum Gasteiger partial charge on any atom is -0.478 e. The van der Waals surface area contributed by atoms with Gasteiger partial charge in [0.05, 0.1) is 11.6 Å². The SMILES string of the molecule is CCc1cc(C=CC(=O)O)cn1Cc1ccc(-c2ccccc2C#N)cc1. The van der Waals surface area contributed by atoms with Gasteiger partial charge in [-0.15, -0.1) is 0 Å². The van der Waals surface area contributed by atoms with Gasteiger partial charge < -0.3 is 9.67 Å². The molecule has 0 aliphatic rings. The first-order chi connectivity index (χ1) is 13.1. The maximum absolute atomic E-state index is 10.7. The molecular weight excluding hydrogens is 336 g/mol. The highest BCUT2D eigenvalue weighted by molar-refractivity contribution is 5.85. The molecule has 2 aromatic carbocycles. The van der Waals surface area contributed by atoms with Crippen molar-refractivity contribution in [3.8, 4) is 17.2 Å². The van der Waals surface area contributed by atoms with Crippen molar-refractivity contribution in [3.63, 3.8) is 0 Å². The predicted octanol–water partition coefficient (Wildman–Crippen LogP) is 4.74. The van der Waals surface area contributed by atoms with Crippen LogP contribution < -0.4 is 0 Å². The van der Waals surface area contributed by atoms with Crippen LogP contribution in [0.4, 0.5) is 0 Å². The molecule has 3 aromatic rings. The van der Waals surface area contributed by atoms with E-state index in [1.165, 1.54) is 0 Å². The fourth-order valence-corrected chi connectivity index (χ4v) is 3.11. The molecule has 1 heterocycles. The van der Waals surface area contributed by atoms with Gasteiger partial charge >= 0.3 is 5.97 Å². The van der Waals surface area contributed by atoms with Crippen LogP contribution in [0.15, 0.2) is 66.9 Å². The third-order valence-electron chi connectivity index (χ3n) is 4.45. The molecule has 0 unspecified atom stereocenters. The Morgan fingerprint density at radius 1 is 1.19 bits per heavy atom. The van der Waals surface area contributed by atoms with Gasteiger partial charge in [-0.2, -0.15) is 5.26 Å². The Morgan fingerprint density at radius 3 is 2.59 bits per heavy atom. The summed E-state index contributed by atoms with van der Waals surface area (Å²) < 4.78 is 2.14. The van der Waals surface area contributed by atoms with E-state index in [1.54, 1.807) is 6.08 Å². The van der Waals surface area contributed by atoms with Crippen LogP contribution in [-0.2, 0) is 17.8 Å². The molecule has 1 aromatic heterocycles. The predicted molar refractivity (Wildman–Crippen MR) is 106 cm³/mol. The minimum absolute atomic E-state index is 0.666. The molecule has 1 N–H and O–H groups in total. The molecule has 0 fully saturated rings. The van der Waals surface area contributed by atoms with E-state index in [0.717, 1.165) is 40.4 Å². The number of nitrogens with zero attached hydrogens (tertiary/aromatic N) is 2. The summed E-state index contributed by atoms with van der Waals surface area (Å²) in [6.45, 7) is 2.79. The lowest BCUT2D eigenvalue weighted by molar-refractivity contribution is -0.131. The molecule has 0 radical (unpaired) electrons. The lowest BCUT2D eigenvalue weighted by atomic mass is 9.99. The standard InChI is InChI=1S/C23H20N2O2/c1-2-21-13-18(9-12-23(26)27)16-25(21)15-17-7-10-19(11-8-17)22-6-4-3-5-20(22)14-24/h3-13,16H,2,15H2,1H3,(H,26,27). The van der Waals surface area contributed by atoms with E-state index in [2.05, 4.69) is 29.7 Å². The summed E-state index contributed by atoms with van der Waals surface area (Å²) in [5, 5.41) is 18.1. The third-order valence-corrected chi connectivity index (χ3v) is 4.45. The van der Waals surface area contributed by atoms with Crippen LogP contribution in [0.3, 0.4) is 0 Å². The zero-order valence-corrected chi connectivity index (χ0v) is 15.1. The zero-order valence-electron chi connectivity index (χ0n) is 15.1. The topological polar surface area (TPSA) is 66.0 Å². The van der Waals surface area contributed by atoms with Crippen LogP contribution in [0, 0.1) is 11.3 Å². The number of carboxylic acid groups (broad SMARTS) is 1. The Morgan fingerprint density at radius 2 is 1.93 bits per heavy atom. The second-order valence-corrected chi connectivity index (χ2v) is 6.27. The molecule has 0 saturated carbocycles. The van der Waals surface area contributed by atoms with Crippen LogP contribution in [0.5, 0.6) is 0 Å². The number of carbonyl (C=O) groups is 1. The van der Waals surface area contributed by atoms with Gasteiger partial charge in [0.15, 0.2) is 0 Å². The normalized spacial score (nSPS) is 10.8. The Bertz CT molecular complexity index is 1020. The number of nitriles is 1. The Balaban J connectivity index is 1.83. The summed E-state index contributed by atoms with van der Waals surface area (Å²) in [5.41, 5.74) is 5.80. The van der Waals surface area contributed by atoms with Gasteiger partial charge in [-0.05, 0) is 46.9 Å². The Hall–Kier alpha value is -3.58. The second kappa shape index (κ2) is 8.20. The summed E-state index contributed by atoms with van der Waals surface area (Å²) in [4.78, 5) is 10.7. The number of aryl methyl sites for hydroxylation is 1. The molecule has 0 atom stereocenters. The quantitative estimate of drug-likeness (QED) is 0.649. The number of carboxylic acids is 1. The monoisotopic (exact) mass is 356 g/mol. The Labute approximate surface area is 158 Å². The van der Waals surface area contributed by atoms with Crippen molar-refractivity contribution in [2.24, 2.45) is 0 Å². The zero-order chi connectivity index (χ0) is 19.2. The molecule has 0 amide bonds. The van der Waals surface area contributed by atoms with Crippen LogP contribution >= 0.6 is 0 Å². The first-order valence-electron chi connectivity index (χ1n) is 8.79. The van der Waals surface area contributed by atoms with Crippen molar-refractivity contribution in [2.75, 3.05) is 0 Å². The van der Waals surface area contributed by atoms with Gasteiger partial charge in [0.25, 0.3) is 0 Å². The van der Waals surface area contributed by atoms with Crippen molar-refractivity contribution < 1.29 is 9.90 Å². The smallest absolute Gasteiger partial charge is 0.328 e. The van der Waals surface area contributed by atoms with Gasteiger partial charge in [0.1, 0.15) is 0 Å². The molecule has 0 saturated heterocycles. The van der Waals surface area contributed by atoms with Gasteiger partial charge in [-0.3, -0.25) is 0 Å². The van der Waals surface area contributed by atoms with Gasteiger partial charge in [0, 0.05) is 24.5 Å². The van der Waals surface area contributed by atoms with E-state index in [4.69, 9.17) is 5.11 Å². The summed E-state index contributed by atoms with van der Waals surface area (Å²) in [5.74, 6) is -0.950. The lowest BCUT2D eigenvalue weighted by Gasteiger charge is -2.09. The van der Waals surface area contributed by atoms with Crippen molar-refractivity contribution in [2.45, 2.75) is 19.9 Å². The summed E-state index contributed by atoms with van der Waals surface area (Å²) in [7, 11) is 0. The van der Waals surface area contributed by atoms with Gasteiger partial charge in [-0.25, -0.2) is 4.79 Å². The van der Waals surface area contributed by atoms with E-state index < -0.39 is 5.97 Å². The first kappa shape index (κ1) is 18.2. The molecule has 4 heteroatoms. The molecule has 0 aliphatic carbocycles. The van der Waals surface area contributed by atoms with Crippen LogP contribution in [0.1, 0.15) is 29.3 Å². The van der Waals surface area contributed by atoms with Gasteiger partial charge in [0.2, 0.25) is 0 Å². The minimum atomic E-state index is -0.950. The highest BCUT2D eigenvalue weighted by atomic mass is 16.4. The molecule has 134 valence electrons. The number of aromatic nitrogens is 1. The molecule has 3 rings (SSSR count). The summed E-state index contributed by atoms with van der Waals surface area (Å²) in [6.07, 6.45) is 5.60. The lowest BCUT2D eigenvalue weighted by Crippen LogP contribution is -2.02. The number of benzene rings is 2. The molecule has 0 aliphatic heterocycles. The molecule has 0 spiro atoms. The fraction of sp³-hybridized carbons (Fsp3) is 0.130. The molecule has 4 nitrogen and oxygen atoms in total. The van der Waals surface area contributed by atoms with Crippen LogP contribution in [0.2, 0.25) is 0 Å². The van der Waals surface area contributed by atoms with E-state index in [1.807, 2.05) is 48.7 Å². The number of rotatable bonds is 6. The maximum Gasteiger partial charge on any atom is 0.328 e. The molecular formula is C23H20N2O2. The van der Waals surface area contributed by atoms with E-state index in [9.17, 15) is 10.1 Å². The second-order valence-electron chi connectivity index (χ2n) is 6.27. The van der Waals surface area contributed by atoms with Crippen LogP contribution in [0.25, 0.3) is 17.2 Å². The number of aliphatic carboxylic acids is 1. The number of hydrogen-bond acceptors (Lipinski definition) is 2. The molecule has 27 heavy (non-hydrogen) atoms.